The SMILES string of the molecule is CCOC(=O)C1(c2ncc3c(Cl)nccn23)CC1. The molecule has 1 saturated carbocycles. The number of halogens is 1. The molecule has 94 valence electrons. The second-order valence-corrected chi connectivity index (χ2v) is 4.72. The maximum atomic E-state index is 12.0. The number of nitrogens with zero attached hydrogens (tertiary/aromatic N) is 3. The zero-order chi connectivity index (χ0) is 12.8. The normalized spacial score (nSPS) is 16.8. The third-order valence-corrected chi connectivity index (χ3v) is 3.55. The highest BCUT2D eigenvalue weighted by molar-refractivity contribution is 6.32. The van der Waals surface area contributed by atoms with Crippen molar-refractivity contribution in [3.63, 3.8) is 0 Å². The van der Waals surface area contributed by atoms with Crippen molar-refractivity contribution in [2.75, 3.05) is 6.61 Å². The van der Waals surface area contributed by atoms with Crippen LogP contribution < -0.4 is 0 Å². The second-order valence-electron chi connectivity index (χ2n) is 4.36. The van der Waals surface area contributed by atoms with Crippen LogP contribution in [0, 0.1) is 0 Å². The lowest BCUT2D eigenvalue weighted by Crippen LogP contribution is -2.25. The van der Waals surface area contributed by atoms with Crippen LogP contribution in [-0.2, 0) is 14.9 Å². The van der Waals surface area contributed by atoms with Gasteiger partial charge < -0.3 is 4.74 Å². The predicted molar refractivity (Wildman–Crippen MR) is 65.5 cm³/mol. The molecule has 2 aromatic heterocycles. The van der Waals surface area contributed by atoms with Crippen molar-refractivity contribution in [2.45, 2.75) is 25.2 Å². The Balaban J connectivity index is 2.10. The van der Waals surface area contributed by atoms with Gasteiger partial charge in [-0.25, -0.2) is 9.97 Å². The van der Waals surface area contributed by atoms with Gasteiger partial charge in [-0.3, -0.25) is 9.20 Å². The molecule has 0 unspecified atom stereocenters. The summed E-state index contributed by atoms with van der Waals surface area (Å²) in [5.41, 5.74) is 0.123. The number of fused-ring (bicyclic) bond motifs is 1. The summed E-state index contributed by atoms with van der Waals surface area (Å²) in [5.74, 6) is 0.491. The molecule has 2 heterocycles. The van der Waals surface area contributed by atoms with E-state index >= 15 is 0 Å². The van der Waals surface area contributed by atoms with Gasteiger partial charge in [0, 0.05) is 12.4 Å². The minimum Gasteiger partial charge on any atom is -0.465 e. The molecule has 0 radical (unpaired) electrons. The Morgan fingerprint density at radius 3 is 3.00 bits per heavy atom. The molecule has 1 fully saturated rings. The van der Waals surface area contributed by atoms with Gasteiger partial charge in [-0.15, -0.1) is 0 Å². The molecule has 0 amide bonds. The highest BCUT2D eigenvalue weighted by Crippen LogP contribution is 2.48. The van der Waals surface area contributed by atoms with Crippen molar-refractivity contribution < 1.29 is 9.53 Å². The summed E-state index contributed by atoms with van der Waals surface area (Å²) in [5, 5.41) is 0.385. The van der Waals surface area contributed by atoms with Crippen molar-refractivity contribution in [1.29, 1.82) is 0 Å². The first-order chi connectivity index (χ1) is 8.69. The molecule has 3 rings (SSSR count). The summed E-state index contributed by atoms with van der Waals surface area (Å²) in [6, 6.07) is 0. The smallest absolute Gasteiger partial charge is 0.319 e. The van der Waals surface area contributed by atoms with Gasteiger partial charge in [0.15, 0.2) is 5.15 Å². The highest BCUT2D eigenvalue weighted by Gasteiger charge is 2.55. The summed E-state index contributed by atoms with van der Waals surface area (Å²) in [7, 11) is 0. The van der Waals surface area contributed by atoms with Gasteiger partial charge in [0.05, 0.1) is 12.8 Å². The van der Waals surface area contributed by atoms with Crippen LogP contribution in [0.5, 0.6) is 0 Å². The van der Waals surface area contributed by atoms with E-state index in [-0.39, 0.29) is 5.97 Å². The molecule has 6 heteroatoms. The van der Waals surface area contributed by atoms with Gasteiger partial charge in [0.2, 0.25) is 0 Å². The van der Waals surface area contributed by atoms with E-state index in [9.17, 15) is 4.79 Å². The molecular weight excluding hydrogens is 254 g/mol. The fraction of sp³-hybridized carbons (Fsp3) is 0.417. The molecule has 0 aromatic carbocycles. The Kier molecular flexibility index (Phi) is 2.52. The molecule has 18 heavy (non-hydrogen) atoms. The summed E-state index contributed by atoms with van der Waals surface area (Å²) in [4.78, 5) is 20.4. The number of esters is 1. The Morgan fingerprint density at radius 1 is 1.56 bits per heavy atom. The van der Waals surface area contributed by atoms with Crippen LogP contribution in [0.15, 0.2) is 18.6 Å². The number of carbonyl (C=O) groups excluding carboxylic acids is 1. The quantitative estimate of drug-likeness (QED) is 0.797. The lowest BCUT2D eigenvalue weighted by Gasteiger charge is -2.12. The summed E-state index contributed by atoms with van der Waals surface area (Å²) >= 11 is 5.99. The van der Waals surface area contributed by atoms with Crippen molar-refractivity contribution >= 4 is 23.1 Å². The fourth-order valence-corrected chi connectivity index (χ4v) is 2.36. The topological polar surface area (TPSA) is 56.5 Å². The Labute approximate surface area is 109 Å². The summed E-state index contributed by atoms with van der Waals surface area (Å²) in [6.07, 6.45) is 6.55. The number of hydrogen-bond donors (Lipinski definition) is 0. The van der Waals surface area contributed by atoms with Crippen LogP contribution >= 0.6 is 11.6 Å². The maximum Gasteiger partial charge on any atom is 0.319 e. The zero-order valence-electron chi connectivity index (χ0n) is 9.89. The number of hydrogen-bond acceptors (Lipinski definition) is 4. The fourth-order valence-electron chi connectivity index (χ4n) is 2.16. The van der Waals surface area contributed by atoms with E-state index in [4.69, 9.17) is 16.3 Å². The molecule has 0 atom stereocenters. The molecule has 0 saturated heterocycles. The minimum absolute atomic E-state index is 0.203. The number of aromatic nitrogens is 3. The van der Waals surface area contributed by atoms with Gasteiger partial charge in [0.25, 0.3) is 0 Å². The van der Waals surface area contributed by atoms with Crippen LogP contribution in [0.3, 0.4) is 0 Å². The van der Waals surface area contributed by atoms with Crippen molar-refractivity contribution in [3.05, 3.63) is 29.6 Å². The van der Waals surface area contributed by atoms with E-state index in [1.54, 1.807) is 25.5 Å². The largest absolute Gasteiger partial charge is 0.465 e. The lowest BCUT2D eigenvalue weighted by atomic mass is 10.1. The Hall–Kier alpha value is -1.62. The van der Waals surface area contributed by atoms with Crippen molar-refractivity contribution in [2.24, 2.45) is 0 Å². The van der Waals surface area contributed by atoms with Gasteiger partial charge in [-0.2, -0.15) is 0 Å². The van der Waals surface area contributed by atoms with Crippen LogP contribution in [0.4, 0.5) is 0 Å². The standard InChI is InChI=1S/C12H12ClN3O2/c1-2-18-11(17)12(3-4-12)10-15-7-8-9(13)14-5-6-16(8)10/h5-7H,2-4H2,1H3. The molecule has 0 aliphatic heterocycles. The third-order valence-electron chi connectivity index (χ3n) is 3.26. The Morgan fingerprint density at radius 2 is 2.33 bits per heavy atom. The first-order valence-corrected chi connectivity index (χ1v) is 6.22. The monoisotopic (exact) mass is 265 g/mol. The maximum absolute atomic E-state index is 12.0. The molecule has 1 aliphatic carbocycles. The summed E-state index contributed by atoms with van der Waals surface area (Å²) in [6.45, 7) is 2.19. The van der Waals surface area contributed by atoms with Crippen LogP contribution in [0.25, 0.3) is 5.52 Å². The molecule has 0 N–H and O–H groups in total. The average molecular weight is 266 g/mol. The van der Waals surface area contributed by atoms with E-state index in [2.05, 4.69) is 9.97 Å². The molecule has 0 bridgehead atoms. The van der Waals surface area contributed by atoms with E-state index in [1.807, 2.05) is 4.40 Å². The molecule has 2 aromatic rings. The van der Waals surface area contributed by atoms with Crippen LogP contribution in [0.1, 0.15) is 25.6 Å². The van der Waals surface area contributed by atoms with Gasteiger partial charge >= 0.3 is 5.97 Å². The Bertz CT molecular complexity index is 619. The predicted octanol–water partition coefficient (Wildman–Crippen LogP) is 1.98. The molecule has 5 nitrogen and oxygen atoms in total. The van der Waals surface area contributed by atoms with E-state index in [0.29, 0.717) is 23.1 Å². The first kappa shape index (κ1) is 11.5. The number of carbonyl (C=O) groups is 1. The van der Waals surface area contributed by atoms with E-state index in [1.165, 1.54) is 0 Å². The molecular formula is C12H12ClN3O2. The number of ether oxygens (including phenoxy) is 1. The highest BCUT2D eigenvalue weighted by atomic mass is 35.5. The number of imidazole rings is 1. The van der Waals surface area contributed by atoms with Gasteiger partial charge in [-0.1, -0.05) is 11.6 Å². The molecule has 1 aliphatic rings. The minimum atomic E-state index is -0.590. The van der Waals surface area contributed by atoms with Crippen LogP contribution in [-0.4, -0.2) is 26.9 Å². The number of rotatable bonds is 3. The molecule has 0 spiro atoms. The van der Waals surface area contributed by atoms with Gasteiger partial charge in [0.1, 0.15) is 16.8 Å². The zero-order valence-corrected chi connectivity index (χ0v) is 10.6. The van der Waals surface area contributed by atoms with Crippen molar-refractivity contribution in [1.82, 2.24) is 14.4 Å². The van der Waals surface area contributed by atoms with E-state index < -0.39 is 5.41 Å². The summed E-state index contributed by atoms with van der Waals surface area (Å²) < 4.78 is 6.95. The van der Waals surface area contributed by atoms with Crippen molar-refractivity contribution in [3.8, 4) is 0 Å². The van der Waals surface area contributed by atoms with Crippen LogP contribution in [0.2, 0.25) is 5.15 Å². The average Bonchev–Trinajstić information content (AvgIpc) is 3.04. The third kappa shape index (κ3) is 1.50. The van der Waals surface area contributed by atoms with E-state index in [0.717, 1.165) is 12.8 Å². The lowest BCUT2D eigenvalue weighted by molar-refractivity contribution is -0.146. The first-order valence-electron chi connectivity index (χ1n) is 5.84. The second kappa shape index (κ2) is 3.95. The van der Waals surface area contributed by atoms with Gasteiger partial charge in [-0.05, 0) is 19.8 Å².